The van der Waals surface area contributed by atoms with Crippen molar-refractivity contribution in [3.8, 4) is 10.4 Å². The van der Waals surface area contributed by atoms with Gasteiger partial charge in [-0.3, -0.25) is 9.78 Å². The molecule has 0 atom stereocenters. The largest absolute Gasteiger partial charge is 0.314 e. The number of thiophene rings is 1. The van der Waals surface area contributed by atoms with Gasteiger partial charge in [-0.15, -0.1) is 11.3 Å². The molecule has 0 aliphatic rings. The van der Waals surface area contributed by atoms with Crippen molar-refractivity contribution in [2.45, 2.75) is 0 Å². The number of rotatable bonds is 1. The third-order valence-corrected chi connectivity index (χ3v) is 3.49. The normalized spacial score (nSPS) is 10.8. The maximum absolute atomic E-state index is 11.2. The van der Waals surface area contributed by atoms with E-state index in [0.717, 1.165) is 20.7 Å². The second-order valence-electron chi connectivity index (χ2n) is 3.45. The Morgan fingerprint density at radius 3 is 2.75 bits per heavy atom. The summed E-state index contributed by atoms with van der Waals surface area (Å²) >= 11 is 1.58. The van der Waals surface area contributed by atoms with E-state index in [1.54, 1.807) is 29.8 Å². The van der Waals surface area contributed by atoms with E-state index in [4.69, 9.17) is 0 Å². The van der Waals surface area contributed by atoms with Crippen LogP contribution in [0.2, 0.25) is 0 Å². The summed E-state index contributed by atoms with van der Waals surface area (Å²) in [5.74, 6) is 0. The van der Waals surface area contributed by atoms with Gasteiger partial charge in [0, 0.05) is 28.7 Å². The van der Waals surface area contributed by atoms with Crippen LogP contribution in [0, 0.1) is 0 Å². The predicted molar refractivity (Wildman–Crippen MR) is 65.7 cm³/mol. The average molecular weight is 228 g/mol. The number of hydrogen-bond acceptors (Lipinski definition) is 3. The average Bonchev–Trinajstić information content (AvgIpc) is 2.73. The summed E-state index contributed by atoms with van der Waals surface area (Å²) in [7, 11) is 0. The van der Waals surface area contributed by atoms with Crippen LogP contribution in [0.4, 0.5) is 0 Å². The zero-order valence-electron chi connectivity index (χ0n) is 8.31. The molecule has 78 valence electrons. The molecule has 0 aromatic carbocycles. The Balaban J connectivity index is 2.23. The monoisotopic (exact) mass is 228 g/mol. The molecular formula is C12H8N2OS. The van der Waals surface area contributed by atoms with Crippen molar-refractivity contribution in [2.75, 3.05) is 0 Å². The summed E-state index contributed by atoms with van der Waals surface area (Å²) in [6.45, 7) is 0. The number of H-pyrrole nitrogens is 1. The van der Waals surface area contributed by atoms with Crippen LogP contribution >= 0.6 is 11.3 Å². The highest BCUT2D eigenvalue weighted by molar-refractivity contribution is 7.21. The van der Waals surface area contributed by atoms with Crippen molar-refractivity contribution in [1.82, 2.24) is 9.97 Å². The van der Waals surface area contributed by atoms with Gasteiger partial charge in [-0.05, 0) is 29.8 Å². The minimum Gasteiger partial charge on any atom is -0.314 e. The van der Waals surface area contributed by atoms with Crippen molar-refractivity contribution in [3.05, 3.63) is 53.1 Å². The van der Waals surface area contributed by atoms with Crippen LogP contribution in [0.3, 0.4) is 0 Å². The molecule has 0 saturated heterocycles. The molecule has 4 heteroatoms. The van der Waals surface area contributed by atoms with E-state index in [-0.39, 0.29) is 5.56 Å². The summed E-state index contributed by atoms with van der Waals surface area (Å²) in [6, 6.07) is 9.39. The lowest BCUT2D eigenvalue weighted by Gasteiger charge is -1.92. The van der Waals surface area contributed by atoms with Crippen molar-refractivity contribution < 1.29 is 0 Å². The van der Waals surface area contributed by atoms with Gasteiger partial charge in [0.15, 0.2) is 0 Å². The first-order chi connectivity index (χ1) is 7.83. The Hall–Kier alpha value is -1.94. The number of aromatic nitrogens is 2. The number of nitrogens with zero attached hydrogens (tertiary/aromatic N) is 1. The standard InChI is InChI=1S/C12H8N2OS/c15-11-2-1-9-7-10(16-12(9)14-11)8-3-5-13-6-4-8/h1-7H,(H,14,15). The summed E-state index contributed by atoms with van der Waals surface area (Å²) < 4.78 is 0. The summed E-state index contributed by atoms with van der Waals surface area (Å²) in [5, 5.41) is 1.07. The van der Waals surface area contributed by atoms with Crippen LogP contribution in [-0.2, 0) is 0 Å². The Kier molecular flexibility index (Phi) is 2.08. The van der Waals surface area contributed by atoms with Gasteiger partial charge >= 0.3 is 0 Å². The molecule has 0 aliphatic heterocycles. The zero-order chi connectivity index (χ0) is 11.0. The lowest BCUT2D eigenvalue weighted by molar-refractivity contribution is 1.33. The number of pyridine rings is 2. The number of nitrogens with one attached hydrogen (secondary N) is 1. The van der Waals surface area contributed by atoms with Gasteiger partial charge < -0.3 is 4.98 Å². The third kappa shape index (κ3) is 1.53. The van der Waals surface area contributed by atoms with Crippen molar-refractivity contribution in [2.24, 2.45) is 0 Å². The Bertz CT molecular complexity index is 685. The van der Waals surface area contributed by atoms with Gasteiger partial charge in [0.1, 0.15) is 4.83 Å². The highest BCUT2D eigenvalue weighted by atomic mass is 32.1. The van der Waals surface area contributed by atoms with Crippen LogP contribution in [0.25, 0.3) is 20.7 Å². The number of aromatic amines is 1. The molecule has 0 fully saturated rings. The maximum atomic E-state index is 11.2. The fourth-order valence-corrected chi connectivity index (χ4v) is 2.66. The van der Waals surface area contributed by atoms with Gasteiger partial charge in [-0.25, -0.2) is 0 Å². The quantitative estimate of drug-likeness (QED) is 0.696. The first kappa shape index (κ1) is 9.30. The van der Waals surface area contributed by atoms with E-state index in [1.165, 1.54) is 0 Å². The number of fused-ring (bicyclic) bond motifs is 1. The lowest BCUT2D eigenvalue weighted by atomic mass is 10.2. The molecule has 0 aliphatic carbocycles. The third-order valence-electron chi connectivity index (χ3n) is 2.38. The maximum Gasteiger partial charge on any atom is 0.249 e. The molecule has 0 spiro atoms. The Labute approximate surface area is 95.4 Å². The van der Waals surface area contributed by atoms with Crippen molar-refractivity contribution >= 4 is 21.6 Å². The fourth-order valence-electron chi connectivity index (χ4n) is 1.60. The molecule has 16 heavy (non-hydrogen) atoms. The molecule has 3 rings (SSSR count). The minimum absolute atomic E-state index is 0.0596. The highest BCUT2D eigenvalue weighted by Crippen LogP contribution is 2.30. The molecule has 3 aromatic heterocycles. The molecule has 3 aromatic rings. The first-order valence-corrected chi connectivity index (χ1v) is 5.68. The van der Waals surface area contributed by atoms with E-state index in [2.05, 4.69) is 16.0 Å². The highest BCUT2D eigenvalue weighted by Gasteiger charge is 2.03. The first-order valence-electron chi connectivity index (χ1n) is 4.86. The van der Waals surface area contributed by atoms with Gasteiger partial charge in [-0.1, -0.05) is 0 Å². The predicted octanol–water partition coefficient (Wildman–Crippen LogP) is 2.65. The molecule has 0 amide bonds. The molecule has 3 heterocycles. The molecule has 1 N–H and O–H groups in total. The smallest absolute Gasteiger partial charge is 0.249 e. The van der Waals surface area contributed by atoms with Crippen LogP contribution in [0.15, 0.2) is 47.5 Å². The van der Waals surface area contributed by atoms with Gasteiger partial charge in [0.25, 0.3) is 0 Å². The summed E-state index contributed by atoms with van der Waals surface area (Å²) in [4.78, 5) is 20.0. The van der Waals surface area contributed by atoms with Gasteiger partial charge in [0.05, 0.1) is 0 Å². The Morgan fingerprint density at radius 2 is 1.94 bits per heavy atom. The minimum atomic E-state index is -0.0596. The number of hydrogen-bond donors (Lipinski definition) is 1. The SMILES string of the molecule is O=c1ccc2cc(-c3ccncc3)sc2[nH]1. The molecule has 0 unspecified atom stereocenters. The van der Waals surface area contributed by atoms with Crippen LogP contribution in [-0.4, -0.2) is 9.97 Å². The Morgan fingerprint density at radius 1 is 1.12 bits per heavy atom. The van der Waals surface area contributed by atoms with Crippen LogP contribution in [0.5, 0.6) is 0 Å². The molecule has 0 saturated carbocycles. The van der Waals surface area contributed by atoms with E-state index < -0.39 is 0 Å². The molecule has 0 radical (unpaired) electrons. The van der Waals surface area contributed by atoms with E-state index in [9.17, 15) is 4.79 Å². The molecule has 0 bridgehead atoms. The summed E-state index contributed by atoms with van der Waals surface area (Å²) in [6.07, 6.45) is 3.53. The van der Waals surface area contributed by atoms with Crippen LogP contribution < -0.4 is 5.56 Å². The second kappa shape index (κ2) is 3.57. The fraction of sp³-hybridized carbons (Fsp3) is 0. The van der Waals surface area contributed by atoms with E-state index in [0.29, 0.717) is 0 Å². The van der Waals surface area contributed by atoms with Crippen LogP contribution in [0.1, 0.15) is 0 Å². The van der Waals surface area contributed by atoms with Gasteiger partial charge in [0.2, 0.25) is 5.56 Å². The lowest BCUT2D eigenvalue weighted by Crippen LogP contribution is -2.00. The molecule has 3 nitrogen and oxygen atoms in total. The second-order valence-corrected chi connectivity index (χ2v) is 4.51. The van der Waals surface area contributed by atoms with Crippen molar-refractivity contribution in [3.63, 3.8) is 0 Å². The van der Waals surface area contributed by atoms with Crippen molar-refractivity contribution in [1.29, 1.82) is 0 Å². The molecular weight excluding hydrogens is 220 g/mol. The van der Waals surface area contributed by atoms with E-state index in [1.807, 2.05) is 18.2 Å². The zero-order valence-corrected chi connectivity index (χ0v) is 9.12. The topological polar surface area (TPSA) is 45.8 Å². The summed E-state index contributed by atoms with van der Waals surface area (Å²) in [5.41, 5.74) is 1.06. The van der Waals surface area contributed by atoms with Gasteiger partial charge in [-0.2, -0.15) is 0 Å². The van der Waals surface area contributed by atoms with E-state index >= 15 is 0 Å².